The Hall–Kier alpha value is -2.29. The van der Waals surface area contributed by atoms with E-state index in [0.29, 0.717) is 11.3 Å². The molecule has 0 saturated heterocycles. The monoisotopic (exact) mass is 255 g/mol. The second-order valence-electron chi connectivity index (χ2n) is 4.59. The van der Waals surface area contributed by atoms with Gasteiger partial charge in [-0.15, -0.1) is 0 Å². The summed E-state index contributed by atoms with van der Waals surface area (Å²) in [6.45, 7) is 4.01. The normalized spacial score (nSPS) is 10.2. The predicted molar refractivity (Wildman–Crippen MR) is 75.9 cm³/mol. The van der Waals surface area contributed by atoms with Crippen LogP contribution < -0.4 is 5.73 Å². The average Bonchev–Trinajstić information content (AvgIpc) is 2.41. The molecule has 0 spiro atoms. The first kappa shape index (κ1) is 13.1. The van der Waals surface area contributed by atoms with Gasteiger partial charge in [-0.25, -0.2) is 4.79 Å². The van der Waals surface area contributed by atoms with Gasteiger partial charge in [-0.1, -0.05) is 30.3 Å². The van der Waals surface area contributed by atoms with Crippen molar-refractivity contribution in [3.63, 3.8) is 0 Å². The molecule has 2 rings (SSSR count). The molecule has 0 radical (unpaired) electrons. The van der Waals surface area contributed by atoms with Crippen molar-refractivity contribution in [2.75, 3.05) is 5.73 Å². The first-order chi connectivity index (χ1) is 9.08. The zero-order chi connectivity index (χ0) is 13.8. The van der Waals surface area contributed by atoms with Gasteiger partial charge >= 0.3 is 5.97 Å². The van der Waals surface area contributed by atoms with Gasteiger partial charge in [-0.3, -0.25) is 0 Å². The van der Waals surface area contributed by atoms with Crippen molar-refractivity contribution < 1.29 is 9.53 Å². The fourth-order valence-electron chi connectivity index (χ4n) is 1.86. The second kappa shape index (κ2) is 5.57. The summed E-state index contributed by atoms with van der Waals surface area (Å²) < 4.78 is 5.31. The summed E-state index contributed by atoms with van der Waals surface area (Å²) in [6.07, 6.45) is 0. The van der Waals surface area contributed by atoms with Crippen LogP contribution in [0.4, 0.5) is 5.69 Å². The number of nitrogens with two attached hydrogens (primary N) is 1. The van der Waals surface area contributed by atoms with Crippen LogP contribution in [0.2, 0.25) is 0 Å². The molecule has 0 bridgehead atoms. The Balaban J connectivity index is 2.10. The maximum Gasteiger partial charge on any atom is 0.338 e. The molecule has 0 saturated carbocycles. The van der Waals surface area contributed by atoms with Gasteiger partial charge in [0, 0.05) is 5.69 Å². The van der Waals surface area contributed by atoms with E-state index in [0.717, 1.165) is 16.7 Å². The highest BCUT2D eigenvalue weighted by molar-refractivity contribution is 5.92. The van der Waals surface area contributed by atoms with E-state index < -0.39 is 0 Å². The van der Waals surface area contributed by atoms with E-state index >= 15 is 0 Å². The van der Waals surface area contributed by atoms with Gasteiger partial charge in [0.05, 0.1) is 5.56 Å². The summed E-state index contributed by atoms with van der Waals surface area (Å²) in [5, 5.41) is 0. The van der Waals surface area contributed by atoms with Crippen LogP contribution in [-0.4, -0.2) is 5.97 Å². The molecule has 2 aromatic rings. The van der Waals surface area contributed by atoms with Gasteiger partial charge in [-0.05, 0) is 42.7 Å². The predicted octanol–water partition coefficient (Wildman–Crippen LogP) is 3.24. The molecule has 0 aliphatic carbocycles. The quantitative estimate of drug-likeness (QED) is 0.676. The Morgan fingerprint density at radius 2 is 1.79 bits per heavy atom. The molecule has 19 heavy (non-hydrogen) atoms. The van der Waals surface area contributed by atoms with E-state index in [4.69, 9.17) is 10.5 Å². The minimum atomic E-state index is -0.315. The van der Waals surface area contributed by atoms with Gasteiger partial charge < -0.3 is 10.5 Å². The molecule has 0 heterocycles. The smallest absolute Gasteiger partial charge is 0.338 e. The standard InChI is InChI=1S/C16H17NO2/c1-11-9-15(17)12(2)8-14(11)16(18)19-10-13-6-4-3-5-7-13/h3-9H,10,17H2,1-2H3. The fourth-order valence-corrected chi connectivity index (χ4v) is 1.86. The molecule has 0 fully saturated rings. The fraction of sp³-hybridized carbons (Fsp3) is 0.188. The molecule has 0 atom stereocenters. The SMILES string of the molecule is Cc1cc(C(=O)OCc2ccccc2)c(C)cc1N. The molecule has 3 heteroatoms. The number of nitrogen functional groups attached to an aromatic ring is 1. The van der Waals surface area contributed by atoms with Crippen LogP contribution in [0.25, 0.3) is 0 Å². The van der Waals surface area contributed by atoms with Crippen LogP contribution in [0.3, 0.4) is 0 Å². The lowest BCUT2D eigenvalue weighted by Gasteiger charge is -2.09. The Morgan fingerprint density at radius 1 is 1.11 bits per heavy atom. The summed E-state index contributed by atoms with van der Waals surface area (Å²) in [6, 6.07) is 13.2. The number of anilines is 1. The van der Waals surface area contributed by atoms with Gasteiger partial charge in [-0.2, -0.15) is 0 Å². The summed E-state index contributed by atoms with van der Waals surface area (Å²) in [4.78, 5) is 12.0. The maximum atomic E-state index is 12.0. The van der Waals surface area contributed by atoms with Gasteiger partial charge in [0.25, 0.3) is 0 Å². The third-order valence-electron chi connectivity index (χ3n) is 3.05. The number of carbonyl (C=O) groups excluding carboxylic acids is 1. The minimum Gasteiger partial charge on any atom is -0.457 e. The highest BCUT2D eigenvalue weighted by Crippen LogP contribution is 2.19. The van der Waals surface area contributed by atoms with Crippen LogP contribution in [-0.2, 0) is 11.3 Å². The number of aryl methyl sites for hydroxylation is 2. The number of hydrogen-bond acceptors (Lipinski definition) is 3. The van der Waals surface area contributed by atoms with E-state index in [1.165, 1.54) is 0 Å². The van der Waals surface area contributed by atoms with E-state index in [-0.39, 0.29) is 12.6 Å². The first-order valence-electron chi connectivity index (χ1n) is 6.15. The Bertz CT molecular complexity index is 591. The molecule has 0 amide bonds. The number of esters is 1. The zero-order valence-electron chi connectivity index (χ0n) is 11.1. The van der Waals surface area contributed by atoms with Gasteiger partial charge in [0.15, 0.2) is 0 Å². The largest absolute Gasteiger partial charge is 0.457 e. The van der Waals surface area contributed by atoms with Crippen LogP contribution in [0.15, 0.2) is 42.5 Å². The third-order valence-corrected chi connectivity index (χ3v) is 3.05. The lowest BCUT2D eigenvalue weighted by atomic mass is 10.0. The summed E-state index contributed by atoms with van der Waals surface area (Å²) in [5.74, 6) is -0.315. The van der Waals surface area contributed by atoms with Crippen molar-refractivity contribution in [2.45, 2.75) is 20.5 Å². The molecule has 0 aliphatic heterocycles. The Kier molecular flexibility index (Phi) is 3.85. The molecule has 98 valence electrons. The Morgan fingerprint density at radius 3 is 2.47 bits per heavy atom. The van der Waals surface area contributed by atoms with Crippen LogP contribution in [0, 0.1) is 13.8 Å². The molecule has 2 aromatic carbocycles. The number of benzene rings is 2. The Labute approximate surface area is 113 Å². The molecule has 0 unspecified atom stereocenters. The van der Waals surface area contributed by atoms with Crippen LogP contribution in [0.5, 0.6) is 0 Å². The molecule has 3 nitrogen and oxygen atoms in total. The van der Waals surface area contributed by atoms with Crippen LogP contribution >= 0.6 is 0 Å². The topological polar surface area (TPSA) is 52.3 Å². The van der Waals surface area contributed by atoms with E-state index in [1.807, 2.05) is 44.2 Å². The van der Waals surface area contributed by atoms with Crippen molar-refractivity contribution in [1.82, 2.24) is 0 Å². The van der Waals surface area contributed by atoms with Crippen molar-refractivity contribution in [3.8, 4) is 0 Å². The van der Waals surface area contributed by atoms with Gasteiger partial charge in [0.1, 0.15) is 6.61 Å². The molecule has 0 aromatic heterocycles. The number of ether oxygens (including phenoxy) is 1. The molecule has 0 aliphatic rings. The summed E-state index contributed by atoms with van der Waals surface area (Å²) in [5.41, 5.74) is 9.76. The third kappa shape index (κ3) is 3.13. The zero-order valence-corrected chi connectivity index (χ0v) is 11.1. The first-order valence-corrected chi connectivity index (χ1v) is 6.15. The maximum absolute atomic E-state index is 12.0. The molecular weight excluding hydrogens is 238 g/mol. The summed E-state index contributed by atoms with van der Waals surface area (Å²) >= 11 is 0. The number of hydrogen-bond donors (Lipinski definition) is 1. The van der Waals surface area contributed by atoms with Crippen molar-refractivity contribution >= 4 is 11.7 Å². The van der Waals surface area contributed by atoms with Crippen molar-refractivity contribution in [2.24, 2.45) is 0 Å². The highest BCUT2D eigenvalue weighted by atomic mass is 16.5. The highest BCUT2D eigenvalue weighted by Gasteiger charge is 2.12. The average molecular weight is 255 g/mol. The van der Waals surface area contributed by atoms with E-state index in [1.54, 1.807) is 12.1 Å². The number of rotatable bonds is 3. The molecule has 2 N–H and O–H groups in total. The number of carbonyl (C=O) groups is 1. The summed E-state index contributed by atoms with van der Waals surface area (Å²) in [7, 11) is 0. The van der Waals surface area contributed by atoms with E-state index in [2.05, 4.69) is 0 Å². The molecular formula is C16H17NO2. The lowest BCUT2D eigenvalue weighted by molar-refractivity contribution is 0.0472. The van der Waals surface area contributed by atoms with Crippen molar-refractivity contribution in [3.05, 3.63) is 64.7 Å². The van der Waals surface area contributed by atoms with E-state index in [9.17, 15) is 4.79 Å². The van der Waals surface area contributed by atoms with Gasteiger partial charge in [0.2, 0.25) is 0 Å². The second-order valence-corrected chi connectivity index (χ2v) is 4.59. The van der Waals surface area contributed by atoms with Crippen LogP contribution in [0.1, 0.15) is 27.0 Å². The lowest BCUT2D eigenvalue weighted by Crippen LogP contribution is -2.08. The minimum absolute atomic E-state index is 0.280. The van der Waals surface area contributed by atoms with Crippen molar-refractivity contribution in [1.29, 1.82) is 0 Å².